The van der Waals surface area contributed by atoms with Gasteiger partial charge >= 0.3 is 5.97 Å². The van der Waals surface area contributed by atoms with E-state index in [0.717, 1.165) is 16.1 Å². The molecule has 8 heteroatoms. The molecule has 106 valence electrons. The third-order valence-electron chi connectivity index (χ3n) is 2.82. The second kappa shape index (κ2) is 4.97. The van der Waals surface area contributed by atoms with Crippen LogP contribution in [0.3, 0.4) is 0 Å². The molecule has 2 aromatic rings. The minimum atomic E-state index is -4.01. The Bertz CT molecular complexity index is 752. The summed E-state index contributed by atoms with van der Waals surface area (Å²) in [5.74, 6) is -1.35. The third-order valence-corrected chi connectivity index (χ3v) is 4.58. The predicted molar refractivity (Wildman–Crippen MR) is 72.3 cm³/mol. The van der Waals surface area contributed by atoms with Crippen molar-refractivity contribution in [2.45, 2.75) is 11.9 Å². The Morgan fingerprint density at radius 1 is 1.40 bits per heavy atom. The molecule has 0 saturated heterocycles. The van der Waals surface area contributed by atoms with E-state index in [1.807, 2.05) is 13.0 Å². The molecule has 0 aliphatic rings. The van der Waals surface area contributed by atoms with Crippen LogP contribution in [-0.4, -0.2) is 36.7 Å². The van der Waals surface area contributed by atoms with Crippen LogP contribution in [0, 0.1) is 6.92 Å². The highest BCUT2D eigenvalue weighted by atomic mass is 32.2. The number of aromatic amines is 1. The number of hydrogen-bond acceptors (Lipinski definition) is 4. The van der Waals surface area contributed by atoms with Gasteiger partial charge in [-0.1, -0.05) is 12.1 Å². The number of nitrogens with zero attached hydrogens (tertiary/aromatic N) is 2. The van der Waals surface area contributed by atoms with E-state index in [-0.39, 0.29) is 5.56 Å². The number of aromatic carboxylic acids is 1. The Morgan fingerprint density at radius 3 is 2.70 bits per heavy atom. The summed E-state index contributed by atoms with van der Waals surface area (Å²) < 4.78 is 25.9. The van der Waals surface area contributed by atoms with Gasteiger partial charge in [0.2, 0.25) is 0 Å². The molecule has 0 atom stereocenters. The molecule has 2 N–H and O–H groups in total. The van der Waals surface area contributed by atoms with E-state index >= 15 is 0 Å². The number of H-pyrrole nitrogens is 1. The van der Waals surface area contributed by atoms with Gasteiger partial charge in [0.25, 0.3) is 10.0 Å². The van der Waals surface area contributed by atoms with E-state index in [1.54, 1.807) is 18.2 Å². The number of aryl methyl sites for hydroxylation is 1. The van der Waals surface area contributed by atoms with Crippen LogP contribution in [0.1, 0.15) is 15.9 Å². The van der Waals surface area contributed by atoms with Gasteiger partial charge in [0.15, 0.2) is 5.03 Å². The fraction of sp³-hybridized carbons (Fsp3) is 0.167. The Balaban J connectivity index is 2.50. The Labute approximate surface area is 115 Å². The van der Waals surface area contributed by atoms with Crippen LogP contribution in [-0.2, 0) is 10.0 Å². The highest BCUT2D eigenvalue weighted by molar-refractivity contribution is 7.92. The largest absolute Gasteiger partial charge is 0.478 e. The smallest absolute Gasteiger partial charge is 0.340 e. The Kier molecular flexibility index (Phi) is 3.49. The summed E-state index contributed by atoms with van der Waals surface area (Å²) in [6, 6.07) is 6.88. The van der Waals surface area contributed by atoms with Crippen molar-refractivity contribution in [2.24, 2.45) is 0 Å². The predicted octanol–water partition coefficient (Wildman–Crippen LogP) is 1.24. The molecular formula is C12H13N3O4S. The molecule has 1 aromatic carbocycles. The highest BCUT2D eigenvalue weighted by Gasteiger charge is 2.29. The van der Waals surface area contributed by atoms with Gasteiger partial charge < -0.3 is 5.11 Å². The number of hydrogen-bond donors (Lipinski definition) is 2. The fourth-order valence-corrected chi connectivity index (χ4v) is 2.97. The van der Waals surface area contributed by atoms with Gasteiger partial charge in [-0.3, -0.25) is 9.40 Å². The minimum Gasteiger partial charge on any atom is -0.478 e. The van der Waals surface area contributed by atoms with Crippen LogP contribution < -0.4 is 4.31 Å². The fourth-order valence-electron chi connectivity index (χ4n) is 1.72. The van der Waals surface area contributed by atoms with Crippen molar-refractivity contribution in [1.29, 1.82) is 0 Å². The average molecular weight is 295 g/mol. The maximum atomic E-state index is 12.4. The van der Waals surface area contributed by atoms with Gasteiger partial charge in [-0.15, -0.1) is 0 Å². The molecule has 0 unspecified atom stereocenters. The van der Waals surface area contributed by atoms with E-state index < -0.39 is 21.0 Å². The molecule has 7 nitrogen and oxygen atoms in total. The number of sulfonamides is 1. The van der Waals surface area contributed by atoms with Crippen molar-refractivity contribution in [3.63, 3.8) is 0 Å². The van der Waals surface area contributed by atoms with E-state index in [2.05, 4.69) is 10.2 Å². The number of benzene rings is 1. The summed E-state index contributed by atoms with van der Waals surface area (Å²) >= 11 is 0. The van der Waals surface area contributed by atoms with Gasteiger partial charge in [-0.2, -0.15) is 13.5 Å². The summed E-state index contributed by atoms with van der Waals surface area (Å²) in [5, 5.41) is 14.3. The monoisotopic (exact) mass is 295 g/mol. The highest BCUT2D eigenvalue weighted by Crippen LogP contribution is 2.23. The van der Waals surface area contributed by atoms with E-state index in [4.69, 9.17) is 5.11 Å². The van der Waals surface area contributed by atoms with Gasteiger partial charge in [0, 0.05) is 7.05 Å². The van der Waals surface area contributed by atoms with Crippen LogP contribution in [0.25, 0.3) is 0 Å². The average Bonchev–Trinajstić information content (AvgIpc) is 2.87. The third kappa shape index (κ3) is 2.37. The molecule has 0 bridgehead atoms. The van der Waals surface area contributed by atoms with Crippen LogP contribution in [0.5, 0.6) is 0 Å². The molecule has 0 radical (unpaired) electrons. The van der Waals surface area contributed by atoms with E-state index in [1.165, 1.54) is 7.05 Å². The normalized spacial score (nSPS) is 11.3. The molecule has 20 heavy (non-hydrogen) atoms. The zero-order chi connectivity index (χ0) is 14.9. The number of nitrogens with one attached hydrogen (secondary N) is 1. The Morgan fingerprint density at radius 2 is 2.10 bits per heavy atom. The minimum absolute atomic E-state index is 0.385. The lowest BCUT2D eigenvalue weighted by Crippen LogP contribution is -2.28. The maximum Gasteiger partial charge on any atom is 0.340 e. The van der Waals surface area contributed by atoms with Crippen LogP contribution >= 0.6 is 0 Å². The number of rotatable bonds is 4. The first-order chi connectivity index (χ1) is 9.34. The van der Waals surface area contributed by atoms with Crippen molar-refractivity contribution in [3.8, 4) is 0 Å². The Hall–Kier alpha value is -2.35. The molecular weight excluding hydrogens is 282 g/mol. The van der Waals surface area contributed by atoms with Crippen LogP contribution in [0.4, 0.5) is 5.69 Å². The van der Waals surface area contributed by atoms with Gasteiger partial charge in [-0.25, -0.2) is 4.79 Å². The van der Waals surface area contributed by atoms with E-state index in [0.29, 0.717) is 5.69 Å². The maximum absolute atomic E-state index is 12.4. The lowest BCUT2D eigenvalue weighted by molar-refractivity contribution is 0.0692. The lowest BCUT2D eigenvalue weighted by atomic mass is 10.2. The molecule has 0 saturated carbocycles. The van der Waals surface area contributed by atoms with Gasteiger partial charge in [0.05, 0.1) is 11.9 Å². The van der Waals surface area contributed by atoms with Crippen molar-refractivity contribution in [2.75, 3.05) is 11.4 Å². The SMILES string of the molecule is Cc1cccc(N(C)S(=O)(=O)c2[nH]ncc2C(=O)O)c1. The molecule has 1 aromatic heterocycles. The summed E-state index contributed by atoms with van der Waals surface area (Å²) in [4.78, 5) is 11.0. The first-order valence-electron chi connectivity index (χ1n) is 5.66. The molecule has 2 rings (SSSR count). The molecule has 0 amide bonds. The lowest BCUT2D eigenvalue weighted by Gasteiger charge is -2.19. The molecule has 0 aliphatic heterocycles. The molecule has 0 aliphatic carbocycles. The number of carboxylic acids is 1. The molecule has 0 spiro atoms. The molecule has 1 heterocycles. The number of anilines is 1. The van der Waals surface area contributed by atoms with Crippen LogP contribution in [0.2, 0.25) is 0 Å². The summed E-state index contributed by atoms with van der Waals surface area (Å²) in [5.41, 5.74) is 0.952. The number of carboxylic acid groups (broad SMARTS) is 1. The van der Waals surface area contributed by atoms with Gasteiger partial charge in [0.1, 0.15) is 5.56 Å². The topological polar surface area (TPSA) is 103 Å². The van der Waals surface area contributed by atoms with Crippen molar-refractivity contribution in [1.82, 2.24) is 10.2 Å². The molecule has 0 fully saturated rings. The first kappa shape index (κ1) is 14.1. The van der Waals surface area contributed by atoms with E-state index in [9.17, 15) is 13.2 Å². The first-order valence-corrected chi connectivity index (χ1v) is 7.10. The number of aromatic nitrogens is 2. The zero-order valence-corrected chi connectivity index (χ0v) is 11.7. The van der Waals surface area contributed by atoms with Gasteiger partial charge in [-0.05, 0) is 24.6 Å². The summed E-state index contributed by atoms with van der Waals surface area (Å²) in [6.07, 6.45) is 0.972. The number of carbonyl (C=O) groups is 1. The second-order valence-electron chi connectivity index (χ2n) is 4.23. The van der Waals surface area contributed by atoms with Crippen molar-refractivity contribution in [3.05, 3.63) is 41.6 Å². The zero-order valence-electron chi connectivity index (χ0n) is 10.9. The second-order valence-corrected chi connectivity index (χ2v) is 6.14. The summed E-state index contributed by atoms with van der Waals surface area (Å²) in [6.45, 7) is 1.84. The van der Waals surface area contributed by atoms with Crippen LogP contribution in [0.15, 0.2) is 35.5 Å². The van der Waals surface area contributed by atoms with Crippen molar-refractivity contribution >= 4 is 21.7 Å². The standard InChI is InChI=1S/C12H13N3O4S/c1-8-4-3-5-9(6-8)15(2)20(18,19)11-10(12(16)17)7-13-14-11/h3-7H,1-2H3,(H,13,14)(H,16,17). The van der Waals surface area contributed by atoms with Crippen molar-refractivity contribution < 1.29 is 18.3 Å². The summed E-state index contributed by atoms with van der Waals surface area (Å²) in [7, 11) is -2.65. The quantitative estimate of drug-likeness (QED) is 0.883.